The number of nitrogens with one attached hydrogen (secondary N) is 2. The maximum Gasteiger partial charge on any atom is 0.320 e. The fourth-order valence-electron chi connectivity index (χ4n) is 1.32. The van der Waals surface area contributed by atoms with E-state index in [2.05, 4.69) is 36.8 Å². The maximum atomic E-state index is 5.92. The standard InChI is InChI=1S/C11H12BrClN4O/c1-2-14-6-10-16-17-11(18-10)15-9-5-7(13)3-4-8(9)12/h3-5,14H,2,6H2,1H3,(H,15,17). The Hall–Kier alpha value is -1.11. The van der Waals surface area contributed by atoms with Crippen LogP contribution in [0.1, 0.15) is 12.8 Å². The summed E-state index contributed by atoms with van der Waals surface area (Å²) in [7, 11) is 0. The molecule has 0 aliphatic heterocycles. The van der Waals surface area contributed by atoms with Gasteiger partial charge in [0.1, 0.15) is 0 Å². The minimum Gasteiger partial charge on any atom is -0.406 e. The molecule has 0 saturated carbocycles. The van der Waals surface area contributed by atoms with E-state index in [-0.39, 0.29) is 0 Å². The van der Waals surface area contributed by atoms with Crippen molar-refractivity contribution in [2.75, 3.05) is 11.9 Å². The van der Waals surface area contributed by atoms with Crippen molar-refractivity contribution in [3.63, 3.8) is 0 Å². The van der Waals surface area contributed by atoms with Gasteiger partial charge in [-0.15, -0.1) is 5.10 Å². The fourth-order valence-corrected chi connectivity index (χ4v) is 1.83. The Morgan fingerprint density at radius 2 is 2.22 bits per heavy atom. The maximum absolute atomic E-state index is 5.92. The van der Waals surface area contributed by atoms with Crippen LogP contribution in [0.15, 0.2) is 27.1 Å². The Morgan fingerprint density at radius 1 is 1.39 bits per heavy atom. The van der Waals surface area contributed by atoms with Crippen LogP contribution in [0, 0.1) is 0 Å². The first kappa shape index (κ1) is 13.3. The van der Waals surface area contributed by atoms with Crippen molar-refractivity contribution in [3.8, 4) is 0 Å². The molecule has 1 aromatic heterocycles. The van der Waals surface area contributed by atoms with Crippen LogP contribution < -0.4 is 10.6 Å². The van der Waals surface area contributed by atoms with Crippen molar-refractivity contribution in [3.05, 3.63) is 33.6 Å². The summed E-state index contributed by atoms with van der Waals surface area (Å²) in [5, 5.41) is 14.6. The van der Waals surface area contributed by atoms with Crippen LogP contribution in [0.4, 0.5) is 11.7 Å². The third-order valence-electron chi connectivity index (χ3n) is 2.16. The minimum atomic E-state index is 0.339. The molecule has 1 heterocycles. The molecule has 5 nitrogen and oxygen atoms in total. The highest BCUT2D eigenvalue weighted by Crippen LogP contribution is 2.28. The molecule has 0 spiro atoms. The van der Waals surface area contributed by atoms with Crippen molar-refractivity contribution in [1.82, 2.24) is 15.5 Å². The van der Waals surface area contributed by atoms with E-state index in [0.29, 0.717) is 23.5 Å². The smallest absolute Gasteiger partial charge is 0.320 e. The molecule has 0 saturated heterocycles. The van der Waals surface area contributed by atoms with Gasteiger partial charge >= 0.3 is 6.01 Å². The lowest BCUT2D eigenvalue weighted by Gasteiger charge is -2.04. The summed E-state index contributed by atoms with van der Waals surface area (Å²) in [4.78, 5) is 0. The van der Waals surface area contributed by atoms with Gasteiger partial charge in [-0.3, -0.25) is 0 Å². The molecular weight excluding hydrogens is 320 g/mol. The largest absolute Gasteiger partial charge is 0.406 e. The molecule has 0 amide bonds. The Bertz CT molecular complexity index is 532. The number of aromatic nitrogens is 2. The van der Waals surface area contributed by atoms with E-state index in [0.717, 1.165) is 16.7 Å². The van der Waals surface area contributed by atoms with E-state index in [4.69, 9.17) is 16.0 Å². The zero-order valence-corrected chi connectivity index (χ0v) is 12.0. The summed E-state index contributed by atoms with van der Waals surface area (Å²) in [5.41, 5.74) is 0.779. The normalized spacial score (nSPS) is 10.6. The van der Waals surface area contributed by atoms with Gasteiger partial charge in [-0.2, -0.15) is 0 Å². The zero-order chi connectivity index (χ0) is 13.0. The molecule has 0 unspecified atom stereocenters. The lowest BCUT2D eigenvalue weighted by atomic mass is 10.3. The number of hydrogen-bond acceptors (Lipinski definition) is 5. The van der Waals surface area contributed by atoms with Crippen LogP contribution in [-0.4, -0.2) is 16.7 Å². The van der Waals surface area contributed by atoms with Gasteiger partial charge in [0, 0.05) is 9.50 Å². The zero-order valence-electron chi connectivity index (χ0n) is 9.70. The third kappa shape index (κ3) is 3.44. The number of anilines is 2. The quantitative estimate of drug-likeness (QED) is 0.880. The number of halogens is 2. The first-order valence-electron chi connectivity index (χ1n) is 5.44. The molecule has 2 N–H and O–H groups in total. The summed E-state index contributed by atoms with van der Waals surface area (Å²) < 4.78 is 6.30. The number of nitrogens with zero attached hydrogens (tertiary/aromatic N) is 2. The summed E-state index contributed by atoms with van der Waals surface area (Å²) >= 11 is 9.33. The van der Waals surface area contributed by atoms with Gasteiger partial charge in [0.2, 0.25) is 5.89 Å². The third-order valence-corrected chi connectivity index (χ3v) is 3.09. The monoisotopic (exact) mass is 330 g/mol. The van der Waals surface area contributed by atoms with Crippen LogP contribution in [0.3, 0.4) is 0 Å². The highest BCUT2D eigenvalue weighted by atomic mass is 79.9. The highest BCUT2D eigenvalue weighted by Gasteiger charge is 2.08. The lowest BCUT2D eigenvalue weighted by Crippen LogP contribution is -2.11. The van der Waals surface area contributed by atoms with Gasteiger partial charge < -0.3 is 15.1 Å². The van der Waals surface area contributed by atoms with Gasteiger partial charge in [-0.1, -0.05) is 23.6 Å². The van der Waals surface area contributed by atoms with E-state index < -0.39 is 0 Å². The molecule has 0 aliphatic carbocycles. The first-order valence-corrected chi connectivity index (χ1v) is 6.61. The van der Waals surface area contributed by atoms with Gasteiger partial charge in [0.15, 0.2) is 0 Å². The Balaban J connectivity index is 2.08. The summed E-state index contributed by atoms with van der Waals surface area (Å²) in [6.07, 6.45) is 0. The van der Waals surface area contributed by atoms with E-state index in [1.165, 1.54) is 0 Å². The predicted molar refractivity (Wildman–Crippen MR) is 74.1 cm³/mol. The Morgan fingerprint density at radius 3 is 3.00 bits per heavy atom. The van der Waals surface area contributed by atoms with E-state index in [1.807, 2.05) is 13.0 Å². The van der Waals surface area contributed by atoms with Crippen molar-refractivity contribution in [1.29, 1.82) is 0 Å². The van der Waals surface area contributed by atoms with E-state index in [1.54, 1.807) is 12.1 Å². The van der Waals surface area contributed by atoms with E-state index >= 15 is 0 Å². The second-order valence-corrected chi connectivity index (χ2v) is 4.82. The second-order valence-electron chi connectivity index (χ2n) is 3.53. The van der Waals surface area contributed by atoms with Crippen LogP contribution in [0.5, 0.6) is 0 Å². The minimum absolute atomic E-state index is 0.339. The van der Waals surface area contributed by atoms with Crippen LogP contribution in [0.25, 0.3) is 0 Å². The number of rotatable bonds is 5. The highest BCUT2D eigenvalue weighted by molar-refractivity contribution is 9.10. The van der Waals surface area contributed by atoms with Gasteiger partial charge in [-0.05, 0) is 40.7 Å². The molecule has 96 valence electrons. The summed E-state index contributed by atoms with van der Waals surface area (Å²) in [5.74, 6) is 0.539. The molecule has 1 aromatic carbocycles. The van der Waals surface area contributed by atoms with Crippen molar-refractivity contribution < 1.29 is 4.42 Å². The van der Waals surface area contributed by atoms with E-state index in [9.17, 15) is 0 Å². The summed E-state index contributed by atoms with van der Waals surface area (Å²) in [6.45, 7) is 3.42. The fraction of sp³-hybridized carbons (Fsp3) is 0.273. The lowest BCUT2D eigenvalue weighted by molar-refractivity contribution is 0.484. The second kappa shape index (κ2) is 6.17. The predicted octanol–water partition coefficient (Wildman–Crippen LogP) is 3.34. The van der Waals surface area contributed by atoms with Crippen molar-refractivity contribution >= 4 is 39.2 Å². The topological polar surface area (TPSA) is 63.0 Å². The van der Waals surface area contributed by atoms with Crippen LogP contribution >= 0.6 is 27.5 Å². The molecule has 2 rings (SSSR count). The van der Waals surface area contributed by atoms with Crippen molar-refractivity contribution in [2.45, 2.75) is 13.5 Å². The average Bonchev–Trinajstić information content (AvgIpc) is 2.79. The molecule has 0 fully saturated rings. The molecule has 7 heteroatoms. The molecule has 0 aliphatic rings. The summed E-state index contributed by atoms with van der Waals surface area (Å²) in [6, 6.07) is 5.76. The van der Waals surface area contributed by atoms with Crippen LogP contribution in [0.2, 0.25) is 5.02 Å². The Kier molecular flexibility index (Phi) is 4.57. The van der Waals surface area contributed by atoms with Gasteiger partial charge in [0.25, 0.3) is 0 Å². The number of hydrogen-bond donors (Lipinski definition) is 2. The molecule has 0 atom stereocenters. The molecular formula is C11H12BrClN4O. The number of benzene rings is 1. The molecule has 18 heavy (non-hydrogen) atoms. The van der Waals surface area contributed by atoms with Crippen LogP contribution in [-0.2, 0) is 6.54 Å². The molecule has 2 aromatic rings. The molecule has 0 radical (unpaired) electrons. The first-order chi connectivity index (χ1) is 8.69. The van der Waals surface area contributed by atoms with Crippen molar-refractivity contribution in [2.24, 2.45) is 0 Å². The SMILES string of the molecule is CCNCc1nnc(Nc2cc(Cl)ccc2Br)o1. The van der Waals surface area contributed by atoms with Gasteiger partial charge in [0.05, 0.1) is 12.2 Å². The molecule has 0 bridgehead atoms. The van der Waals surface area contributed by atoms with Gasteiger partial charge in [-0.25, -0.2) is 0 Å². The average molecular weight is 332 g/mol. The Labute approximate surface area is 118 Å².